The zero-order valence-electron chi connectivity index (χ0n) is 13.4. The zero-order valence-corrected chi connectivity index (χ0v) is 17.3. The van der Waals surface area contributed by atoms with Crippen LogP contribution in [0.2, 0.25) is 15.1 Å². The summed E-state index contributed by atoms with van der Waals surface area (Å²) in [6.45, 7) is 0.640. The van der Waals surface area contributed by atoms with E-state index in [2.05, 4.69) is 5.32 Å². The van der Waals surface area contributed by atoms with Crippen molar-refractivity contribution in [2.24, 2.45) is 0 Å². The quantitative estimate of drug-likeness (QED) is 0.496. The molecule has 0 aromatic heterocycles. The molecule has 0 saturated carbocycles. The minimum Gasteiger partial charge on any atom is -0.355 e. The van der Waals surface area contributed by atoms with Crippen molar-refractivity contribution in [1.82, 2.24) is 5.32 Å². The highest BCUT2D eigenvalue weighted by Crippen LogP contribution is 2.28. The van der Waals surface area contributed by atoms with Crippen molar-refractivity contribution < 1.29 is 4.79 Å². The van der Waals surface area contributed by atoms with Gasteiger partial charge in [0.2, 0.25) is 5.91 Å². The lowest BCUT2D eigenvalue weighted by Gasteiger charge is -2.08. The fourth-order valence-corrected chi connectivity index (χ4v) is 4.77. The molecule has 0 unspecified atom stereocenters. The average molecular weight is 435 g/mol. The molecule has 0 aliphatic heterocycles. The molecule has 0 atom stereocenters. The molecule has 0 aliphatic rings. The van der Waals surface area contributed by atoms with E-state index in [0.717, 1.165) is 27.7 Å². The lowest BCUT2D eigenvalue weighted by molar-refractivity contribution is -0.118. The van der Waals surface area contributed by atoms with Gasteiger partial charge in [-0.2, -0.15) is 11.8 Å². The molecular formula is C18H18Cl3NOS2. The van der Waals surface area contributed by atoms with Crippen LogP contribution in [0.4, 0.5) is 0 Å². The second kappa shape index (κ2) is 11.2. The summed E-state index contributed by atoms with van der Waals surface area (Å²) in [6.07, 6.45) is 0. The van der Waals surface area contributed by atoms with Gasteiger partial charge in [-0.1, -0.05) is 59.1 Å². The van der Waals surface area contributed by atoms with E-state index in [1.807, 2.05) is 30.3 Å². The third-order valence-corrected chi connectivity index (χ3v) is 6.37. The average Bonchev–Trinajstić information content (AvgIpc) is 2.59. The molecule has 134 valence electrons. The van der Waals surface area contributed by atoms with Crippen LogP contribution in [-0.4, -0.2) is 24.0 Å². The van der Waals surface area contributed by atoms with Gasteiger partial charge in [0.1, 0.15) is 0 Å². The van der Waals surface area contributed by atoms with E-state index >= 15 is 0 Å². The van der Waals surface area contributed by atoms with E-state index < -0.39 is 0 Å². The van der Waals surface area contributed by atoms with Crippen LogP contribution in [0, 0.1) is 0 Å². The van der Waals surface area contributed by atoms with Crippen molar-refractivity contribution >= 4 is 64.2 Å². The van der Waals surface area contributed by atoms with E-state index in [1.165, 1.54) is 11.8 Å². The largest absolute Gasteiger partial charge is 0.355 e. The first kappa shape index (κ1) is 20.8. The van der Waals surface area contributed by atoms with E-state index in [-0.39, 0.29) is 5.91 Å². The molecule has 7 heteroatoms. The predicted octanol–water partition coefficient (Wildman–Crippen LogP) is 5.93. The highest BCUT2D eigenvalue weighted by molar-refractivity contribution is 7.99. The number of nitrogens with one attached hydrogen (secondary N) is 1. The summed E-state index contributed by atoms with van der Waals surface area (Å²) in [5, 5.41) is 4.98. The Morgan fingerprint density at radius 1 is 0.880 bits per heavy atom. The number of rotatable bonds is 9. The number of carbonyl (C=O) groups excluding carboxylic acids is 1. The fourth-order valence-electron chi connectivity index (χ4n) is 2.03. The van der Waals surface area contributed by atoms with Gasteiger partial charge in [-0.3, -0.25) is 4.79 Å². The van der Waals surface area contributed by atoms with Gasteiger partial charge >= 0.3 is 0 Å². The summed E-state index contributed by atoms with van der Waals surface area (Å²) in [4.78, 5) is 11.9. The number of halogens is 3. The normalized spacial score (nSPS) is 10.7. The number of carbonyl (C=O) groups is 1. The fraction of sp³-hybridized carbons (Fsp3) is 0.278. The summed E-state index contributed by atoms with van der Waals surface area (Å²) in [6, 6.07) is 13.2. The lowest BCUT2D eigenvalue weighted by atomic mass is 10.2. The van der Waals surface area contributed by atoms with E-state index in [0.29, 0.717) is 28.1 Å². The number of hydrogen-bond acceptors (Lipinski definition) is 3. The minimum absolute atomic E-state index is 0.0199. The van der Waals surface area contributed by atoms with Crippen molar-refractivity contribution in [1.29, 1.82) is 0 Å². The molecule has 1 N–H and O–H groups in total. The van der Waals surface area contributed by atoms with E-state index in [9.17, 15) is 4.79 Å². The Balaban J connectivity index is 1.59. The molecule has 0 spiro atoms. The van der Waals surface area contributed by atoms with Gasteiger partial charge in [-0.05, 0) is 29.3 Å². The van der Waals surface area contributed by atoms with Crippen molar-refractivity contribution in [3.8, 4) is 0 Å². The molecule has 0 aliphatic carbocycles. The van der Waals surface area contributed by atoms with Crippen molar-refractivity contribution in [3.05, 3.63) is 68.7 Å². The Hall–Kier alpha value is -0.520. The molecule has 25 heavy (non-hydrogen) atoms. The van der Waals surface area contributed by atoms with Crippen molar-refractivity contribution in [2.45, 2.75) is 11.5 Å². The Bertz CT molecular complexity index is 692. The van der Waals surface area contributed by atoms with Crippen LogP contribution in [-0.2, 0) is 16.3 Å². The molecule has 1 amide bonds. The highest BCUT2D eigenvalue weighted by Gasteiger charge is 2.07. The Kier molecular flexibility index (Phi) is 9.35. The first-order valence-corrected chi connectivity index (χ1v) is 11.1. The Labute approximate surface area is 172 Å². The number of amides is 1. The summed E-state index contributed by atoms with van der Waals surface area (Å²) >= 11 is 21.6. The van der Waals surface area contributed by atoms with Gasteiger partial charge in [0.25, 0.3) is 0 Å². The first-order valence-electron chi connectivity index (χ1n) is 7.66. The number of thioether (sulfide) groups is 2. The molecular weight excluding hydrogens is 417 g/mol. The number of hydrogen-bond donors (Lipinski definition) is 1. The van der Waals surface area contributed by atoms with Crippen molar-refractivity contribution in [2.75, 3.05) is 18.1 Å². The van der Waals surface area contributed by atoms with Crippen LogP contribution in [0.1, 0.15) is 11.1 Å². The van der Waals surface area contributed by atoms with E-state index in [4.69, 9.17) is 34.8 Å². The van der Waals surface area contributed by atoms with Crippen molar-refractivity contribution in [3.63, 3.8) is 0 Å². The highest BCUT2D eigenvalue weighted by atomic mass is 35.5. The van der Waals surface area contributed by atoms with Crippen LogP contribution in [0.5, 0.6) is 0 Å². The minimum atomic E-state index is 0.0199. The van der Waals surface area contributed by atoms with Gasteiger partial charge in [0.15, 0.2) is 0 Å². The van der Waals surface area contributed by atoms with Gasteiger partial charge in [0.05, 0.1) is 5.75 Å². The standard InChI is InChI=1S/C18H18Cl3NOS2/c19-15-5-2-1-4-13(15)10-24-9-8-22-18(23)12-25-11-14-16(20)6-3-7-17(14)21/h1-7H,8-12H2,(H,22,23). The summed E-state index contributed by atoms with van der Waals surface area (Å²) in [5.41, 5.74) is 1.99. The van der Waals surface area contributed by atoms with Crippen LogP contribution >= 0.6 is 58.3 Å². The molecule has 2 aromatic rings. The van der Waals surface area contributed by atoms with Gasteiger partial charge in [0, 0.05) is 38.9 Å². The second-order valence-corrected chi connectivity index (χ2v) is 8.50. The molecule has 0 radical (unpaired) electrons. The van der Waals surface area contributed by atoms with Gasteiger partial charge in [-0.15, -0.1) is 11.8 Å². The summed E-state index contributed by atoms with van der Waals surface area (Å²) < 4.78 is 0. The third kappa shape index (κ3) is 7.32. The number of benzene rings is 2. The predicted molar refractivity (Wildman–Crippen MR) is 113 cm³/mol. The molecule has 0 bridgehead atoms. The topological polar surface area (TPSA) is 29.1 Å². The van der Waals surface area contributed by atoms with Crippen LogP contribution in [0.15, 0.2) is 42.5 Å². The molecule has 0 fully saturated rings. The maximum atomic E-state index is 11.9. The van der Waals surface area contributed by atoms with Crippen LogP contribution < -0.4 is 5.32 Å². The van der Waals surface area contributed by atoms with Gasteiger partial charge < -0.3 is 5.32 Å². The zero-order chi connectivity index (χ0) is 18.1. The molecule has 0 heterocycles. The summed E-state index contributed by atoms with van der Waals surface area (Å²) in [5.74, 6) is 2.71. The lowest BCUT2D eigenvalue weighted by Crippen LogP contribution is -2.27. The maximum absolute atomic E-state index is 11.9. The van der Waals surface area contributed by atoms with Crippen LogP contribution in [0.3, 0.4) is 0 Å². The monoisotopic (exact) mass is 433 g/mol. The summed E-state index contributed by atoms with van der Waals surface area (Å²) in [7, 11) is 0. The third-order valence-electron chi connectivity index (χ3n) is 3.33. The Morgan fingerprint density at radius 2 is 1.56 bits per heavy atom. The maximum Gasteiger partial charge on any atom is 0.230 e. The second-order valence-electron chi connectivity index (χ2n) is 5.19. The SMILES string of the molecule is O=C(CSCc1c(Cl)cccc1Cl)NCCSCc1ccccc1Cl. The van der Waals surface area contributed by atoms with E-state index in [1.54, 1.807) is 23.9 Å². The first-order chi connectivity index (χ1) is 12.1. The smallest absolute Gasteiger partial charge is 0.230 e. The Morgan fingerprint density at radius 3 is 2.28 bits per heavy atom. The van der Waals surface area contributed by atoms with Gasteiger partial charge in [-0.25, -0.2) is 0 Å². The molecule has 2 nitrogen and oxygen atoms in total. The molecule has 0 saturated heterocycles. The van der Waals surface area contributed by atoms with Crippen LogP contribution in [0.25, 0.3) is 0 Å². The molecule has 2 aromatic carbocycles. The molecule has 2 rings (SSSR count).